The first kappa shape index (κ1) is 16.1. The van der Waals surface area contributed by atoms with E-state index in [1.54, 1.807) is 19.3 Å². The Balaban J connectivity index is 1.67. The van der Waals surface area contributed by atoms with Gasteiger partial charge in [-0.3, -0.25) is 4.79 Å². The van der Waals surface area contributed by atoms with Gasteiger partial charge in [-0.1, -0.05) is 0 Å². The number of aryl methyl sites for hydroxylation is 1. The van der Waals surface area contributed by atoms with E-state index in [9.17, 15) is 4.79 Å². The molecule has 0 radical (unpaired) electrons. The largest absolute Gasteiger partial charge is 0.357 e. The van der Waals surface area contributed by atoms with Crippen molar-refractivity contribution in [3.05, 3.63) is 35.8 Å². The van der Waals surface area contributed by atoms with Gasteiger partial charge in [0.05, 0.1) is 0 Å². The van der Waals surface area contributed by atoms with Gasteiger partial charge in [0.2, 0.25) is 5.95 Å². The summed E-state index contributed by atoms with van der Waals surface area (Å²) in [5, 5.41) is 14.0. The second-order valence-corrected chi connectivity index (χ2v) is 5.81. The summed E-state index contributed by atoms with van der Waals surface area (Å²) in [4.78, 5) is 23.1. The first-order valence-corrected chi connectivity index (χ1v) is 8.02. The summed E-state index contributed by atoms with van der Waals surface area (Å²) in [6.45, 7) is 3.48. The summed E-state index contributed by atoms with van der Waals surface area (Å²) in [6.07, 6.45) is 3.58. The van der Waals surface area contributed by atoms with Crippen molar-refractivity contribution in [3.8, 4) is 0 Å². The smallest absolute Gasteiger partial charge is 0.270 e. The van der Waals surface area contributed by atoms with Crippen LogP contribution >= 0.6 is 0 Å². The van der Waals surface area contributed by atoms with Crippen LogP contribution < -0.4 is 15.5 Å². The van der Waals surface area contributed by atoms with E-state index in [0.29, 0.717) is 18.2 Å². The van der Waals surface area contributed by atoms with Crippen LogP contribution in [0, 0.1) is 6.92 Å². The molecule has 1 saturated heterocycles. The van der Waals surface area contributed by atoms with E-state index in [2.05, 4.69) is 35.7 Å². The molecule has 1 fully saturated rings. The van der Waals surface area contributed by atoms with Crippen LogP contribution in [0.5, 0.6) is 0 Å². The van der Waals surface area contributed by atoms with Crippen molar-refractivity contribution in [3.63, 3.8) is 0 Å². The number of carbonyl (C=O) groups is 1. The monoisotopic (exact) mass is 327 g/mol. The maximum Gasteiger partial charge on any atom is 0.270 e. The van der Waals surface area contributed by atoms with Crippen molar-refractivity contribution in [2.75, 3.05) is 30.4 Å². The fraction of sp³-hybridized carbons (Fsp3) is 0.438. The lowest BCUT2D eigenvalue weighted by Crippen LogP contribution is -2.48. The van der Waals surface area contributed by atoms with Crippen molar-refractivity contribution in [2.24, 2.45) is 0 Å². The molecule has 3 heterocycles. The number of carbonyl (C=O) groups excluding carboxylic acids is 1. The zero-order valence-corrected chi connectivity index (χ0v) is 13.9. The lowest BCUT2D eigenvalue weighted by atomic mass is 10.1. The summed E-state index contributed by atoms with van der Waals surface area (Å²) in [7, 11) is 1.73. The van der Waals surface area contributed by atoms with Gasteiger partial charge in [-0.15, -0.1) is 5.10 Å². The highest BCUT2D eigenvalue weighted by Crippen LogP contribution is 2.17. The molecule has 2 aromatic heterocycles. The number of anilines is 2. The van der Waals surface area contributed by atoms with E-state index < -0.39 is 0 Å². The van der Waals surface area contributed by atoms with Crippen LogP contribution in [0.2, 0.25) is 0 Å². The Hall–Kier alpha value is -2.77. The van der Waals surface area contributed by atoms with E-state index in [1.165, 1.54) is 0 Å². The quantitative estimate of drug-likeness (QED) is 0.865. The third kappa shape index (κ3) is 3.76. The van der Waals surface area contributed by atoms with Crippen molar-refractivity contribution in [1.29, 1.82) is 0 Å². The highest BCUT2D eigenvalue weighted by atomic mass is 16.2. The molecule has 8 nitrogen and oxygen atoms in total. The predicted octanol–water partition coefficient (Wildman–Crippen LogP) is 1.02. The number of hydrogen-bond donors (Lipinski definition) is 2. The second-order valence-electron chi connectivity index (χ2n) is 5.81. The molecule has 0 spiro atoms. The maximum absolute atomic E-state index is 12.5. The van der Waals surface area contributed by atoms with Crippen LogP contribution in [0.4, 0.5) is 11.8 Å². The molecule has 3 rings (SSSR count). The Morgan fingerprint density at radius 1 is 1.38 bits per heavy atom. The summed E-state index contributed by atoms with van der Waals surface area (Å²) in [5.74, 6) is 1.11. The van der Waals surface area contributed by atoms with Gasteiger partial charge in [-0.25, -0.2) is 9.97 Å². The number of nitrogens with zero attached hydrogens (tertiary/aromatic N) is 5. The molecular formula is C16H21N7O. The average molecular weight is 327 g/mol. The first-order valence-electron chi connectivity index (χ1n) is 8.02. The zero-order valence-electron chi connectivity index (χ0n) is 13.9. The van der Waals surface area contributed by atoms with Crippen LogP contribution in [0.25, 0.3) is 0 Å². The SMILES string of the molecule is CNc1nc(C)cc(C(=O)NC2CCCN(c3cccnn3)C2)n1. The van der Waals surface area contributed by atoms with Crippen LogP contribution in [-0.4, -0.2) is 52.3 Å². The van der Waals surface area contributed by atoms with Crippen LogP contribution in [0.1, 0.15) is 29.0 Å². The Kier molecular flexibility index (Phi) is 4.83. The van der Waals surface area contributed by atoms with Crippen LogP contribution in [0.15, 0.2) is 24.4 Å². The van der Waals surface area contributed by atoms with Gasteiger partial charge >= 0.3 is 0 Å². The van der Waals surface area contributed by atoms with E-state index in [0.717, 1.165) is 30.9 Å². The highest BCUT2D eigenvalue weighted by Gasteiger charge is 2.23. The number of rotatable bonds is 4. The summed E-state index contributed by atoms with van der Waals surface area (Å²) in [5.41, 5.74) is 1.13. The van der Waals surface area contributed by atoms with Crippen molar-refractivity contribution < 1.29 is 4.79 Å². The van der Waals surface area contributed by atoms with E-state index in [-0.39, 0.29) is 11.9 Å². The molecular weight excluding hydrogens is 306 g/mol. The number of hydrogen-bond acceptors (Lipinski definition) is 7. The van der Waals surface area contributed by atoms with E-state index in [4.69, 9.17) is 0 Å². The van der Waals surface area contributed by atoms with Gasteiger partial charge in [0.15, 0.2) is 5.82 Å². The molecule has 1 atom stereocenters. The molecule has 0 aliphatic carbocycles. The first-order chi connectivity index (χ1) is 11.7. The number of nitrogens with one attached hydrogen (secondary N) is 2. The molecule has 2 N–H and O–H groups in total. The number of piperidine rings is 1. The van der Waals surface area contributed by atoms with Gasteiger partial charge in [0.1, 0.15) is 5.69 Å². The van der Waals surface area contributed by atoms with Crippen molar-refractivity contribution >= 4 is 17.7 Å². The summed E-state index contributed by atoms with van der Waals surface area (Å²) >= 11 is 0. The lowest BCUT2D eigenvalue weighted by molar-refractivity contribution is 0.0928. The van der Waals surface area contributed by atoms with E-state index in [1.807, 2.05) is 19.1 Å². The summed E-state index contributed by atoms with van der Waals surface area (Å²) < 4.78 is 0. The van der Waals surface area contributed by atoms with Crippen LogP contribution in [-0.2, 0) is 0 Å². The topological polar surface area (TPSA) is 95.9 Å². The number of amides is 1. The van der Waals surface area contributed by atoms with Crippen LogP contribution in [0.3, 0.4) is 0 Å². The standard InChI is InChI=1S/C16H21N7O/c1-11-9-13(21-16(17-2)19-11)15(24)20-12-5-4-8-23(10-12)14-6-3-7-18-22-14/h3,6-7,9,12H,4-5,8,10H2,1-2H3,(H,20,24)(H,17,19,21). The molecule has 1 unspecified atom stereocenters. The predicted molar refractivity (Wildman–Crippen MR) is 91.0 cm³/mol. The molecule has 0 bridgehead atoms. The van der Waals surface area contributed by atoms with Crippen molar-refractivity contribution in [1.82, 2.24) is 25.5 Å². The molecule has 1 aliphatic heterocycles. The van der Waals surface area contributed by atoms with Crippen molar-refractivity contribution in [2.45, 2.75) is 25.8 Å². The molecule has 24 heavy (non-hydrogen) atoms. The minimum atomic E-state index is -0.178. The molecule has 1 aliphatic rings. The molecule has 1 amide bonds. The fourth-order valence-electron chi connectivity index (χ4n) is 2.82. The minimum Gasteiger partial charge on any atom is -0.357 e. The molecule has 8 heteroatoms. The molecule has 2 aromatic rings. The summed E-state index contributed by atoms with van der Waals surface area (Å²) in [6, 6.07) is 5.55. The zero-order chi connectivity index (χ0) is 16.9. The Labute approximate surface area is 140 Å². The fourth-order valence-corrected chi connectivity index (χ4v) is 2.82. The van der Waals surface area contributed by atoms with Gasteiger partial charge in [-0.2, -0.15) is 5.10 Å². The average Bonchev–Trinajstić information content (AvgIpc) is 2.62. The van der Waals surface area contributed by atoms with Gasteiger partial charge in [-0.05, 0) is 38.0 Å². The third-order valence-corrected chi connectivity index (χ3v) is 3.95. The Bertz CT molecular complexity index is 707. The Morgan fingerprint density at radius 3 is 3.00 bits per heavy atom. The normalized spacial score (nSPS) is 17.4. The minimum absolute atomic E-state index is 0.0570. The molecule has 0 aromatic carbocycles. The van der Waals surface area contributed by atoms with Gasteiger partial charge in [0.25, 0.3) is 5.91 Å². The van der Waals surface area contributed by atoms with Gasteiger partial charge < -0.3 is 15.5 Å². The van der Waals surface area contributed by atoms with E-state index >= 15 is 0 Å². The highest BCUT2D eigenvalue weighted by molar-refractivity contribution is 5.92. The maximum atomic E-state index is 12.5. The lowest BCUT2D eigenvalue weighted by Gasteiger charge is -2.33. The van der Waals surface area contributed by atoms with Gasteiger partial charge in [0, 0.05) is 38.1 Å². The Morgan fingerprint density at radius 2 is 2.25 bits per heavy atom. The second kappa shape index (κ2) is 7.20. The molecule has 0 saturated carbocycles. The number of aromatic nitrogens is 4. The molecule has 126 valence electrons. The third-order valence-electron chi connectivity index (χ3n) is 3.95.